The first-order chi connectivity index (χ1) is 12.4. The van der Waals surface area contributed by atoms with Crippen LogP contribution in [0.15, 0.2) is 54.6 Å². The molecular weight excluding hydrogens is 336 g/mol. The fraction of sp³-hybridized carbons (Fsp3) is 0.158. The normalized spacial score (nSPS) is 11.3. The van der Waals surface area contributed by atoms with Gasteiger partial charge in [0.1, 0.15) is 0 Å². The quantitative estimate of drug-likeness (QED) is 0.282. The third-order valence-electron chi connectivity index (χ3n) is 3.46. The fourth-order valence-electron chi connectivity index (χ4n) is 2.38. The lowest BCUT2D eigenvalue weighted by Gasteiger charge is -2.16. The third kappa shape index (κ3) is 4.54. The van der Waals surface area contributed by atoms with Crippen LogP contribution in [0.5, 0.6) is 0 Å². The van der Waals surface area contributed by atoms with Crippen LogP contribution in [0.3, 0.4) is 0 Å². The molecule has 0 saturated carbocycles. The van der Waals surface area contributed by atoms with Gasteiger partial charge in [-0.05, 0) is 30.2 Å². The minimum atomic E-state index is -0.631. The van der Waals surface area contributed by atoms with Gasteiger partial charge >= 0.3 is 5.97 Å². The number of non-ortho nitro benzene ring substituents is 1. The van der Waals surface area contributed by atoms with Gasteiger partial charge in [0.15, 0.2) is 0 Å². The Bertz CT molecular complexity index is 842. The first-order valence-corrected chi connectivity index (χ1v) is 7.93. The Morgan fingerprint density at radius 1 is 1.04 bits per heavy atom. The van der Waals surface area contributed by atoms with Gasteiger partial charge in [-0.15, -0.1) is 0 Å². The van der Waals surface area contributed by atoms with E-state index >= 15 is 0 Å². The number of benzene rings is 2. The van der Waals surface area contributed by atoms with Crippen molar-refractivity contribution in [1.82, 2.24) is 5.32 Å². The number of hydrogen-bond acceptors (Lipinski definition) is 5. The van der Waals surface area contributed by atoms with E-state index in [0.717, 1.165) is 0 Å². The summed E-state index contributed by atoms with van der Waals surface area (Å²) >= 11 is 0. The minimum absolute atomic E-state index is 0.0993. The van der Waals surface area contributed by atoms with E-state index < -0.39 is 10.9 Å². The van der Waals surface area contributed by atoms with Crippen LogP contribution in [0.1, 0.15) is 25.0 Å². The van der Waals surface area contributed by atoms with E-state index in [1.54, 1.807) is 31.2 Å². The summed E-state index contributed by atoms with van der Waals surface area (Å²) < 4.78 is 5.14. The zero-order valence-corrected chi connectivity index (χ0v) is 14.4. The summed E-state index contributed by atoms with van der Waals surface area (Å²) in [5, 5.41) is 13.5. The summed E-state index contributed by atoms with van der Waals surface area (Å²) in [5.41, 5.74) is 1.33. The van der Waals surface area contributed by atoms with E-state index in [9.17, 15) is 19.7 Å². The van der Waals surface area contributed by atoms with Crippen molar-refractivity contribution in [2.75, 3.05) is 6.61 Å². The monoisotopic (exact) mass is 354 g/mol. The van der Waals surface area contributed by atoms with Crippen molar-refractivity contribution < 1.29 is 19.2 Å². The van der Waals surface area contributed by atoms with Crippen molar-refractivity contribution >= 4 is 28.8 Å². The molecule has 0 aromatic heterocycles. The van der Waals surface area contributed by atoms with Crippen LogP contribution in [0.2, 0.25) is 0 Å². The summed E-state index contributed by atoms with van der Waals surface area (Å²) in [6.45, 7) is 3.16. The van der Waals surface area contributed by atoms with Gasteiger partial charge in [0, 0.05) is 19.1 Å². The lowest BCUT2D eigenvalue weighted by molar-refractivity contribution is -0.384. The highest BCUT2D eigenvalue weighted by Gasteiger charge is 2.22. The van der Waals surface area contributed by atoms with Crippen molar-refractivity contribution in [2.24, 2.45) is 0 Å². The smallest absolute Gasteiger partial charge is 0.340 e. The number of nitro groups is 1. The average Bonchev–Trinajstić information content (AvgIpc) is 2.62. The van der Waals surface area contributed by atoms with Crippen LogP contribution in [0, 0.1) is 10.1 Å². The second-order valence-corrected chi connectivity index (χ2v) is 5.32. The van der Waals surface area contributed by atoms with E-state index in [0.29, 0.717) is 11.1 Å². The number of nitrogens with one attached hydrogen (secondary N) is 1. The average molecular weight is 354 g/mol. The molecule has 0 aliphatic carbocycles. The zero-order valence-electron chi connectivity index (χ0n) is 14.4. The number of carbonyl (C=O) groups excluding carboxylic acids is 2. The molecule has 0 spiro atoms. The number of esters is 1. The predicted octanol–water partition coefficient (Wildman–Crippen LogP) is 3.16. The molecule has 2 aromatic carbocycles. The van der Waals surface area contributed by atoms with Gasteiger partial charge in [0.25, 0.3) is 5.69 Å². The Balaban J connectivity index is 2.69. The van der Waals surface area contributed by atoms with Gasteiger partial charge in [0.05, 0.1) is 22.8 Å². The van der Waals surface area contributed by atoms with Gasteiger partial charge in [0.2, 0.25) is 5.91 Å². The molecule has 0 aliphatic heterocycles. The van der Waals surface area contributed by atoms with Crippen LogP contribution in [-0.2, 0) is 14.3 Å². The fourth-order valence-corrected chi connectivity index (χ4v) is 2.38. The van der Waals surface area contributed by atoms with Crippen LogP contribution in [-0.4, -0.2) is 23.4 Å². The Hall–Kier alpha value is -3.48. The van der Waals surface area contributed by atoms with Crippen LogP contribution in [0.4, 0.5) is 5.69 Å². The minimum Gasteiger partial charge on any atom is -0.462 e. The number of rotatable bonds is 6. The number of nitrogens with zero attached hydrogens (tertiary/aromatic N) is 1. The molecule has 134 valence electrons. The van der Waals surface area contributed by atoms with Crippen molar-refractivity contribution in [1.29, 1.82) is 0 Å². The maximum absolute atomic E-state index is 12.6. The molecule has 2 rings (SSSR count). The zero-order chi connectivity index (χ0) is 19.1. The second-order valence-electron chi connectivity index (χ2n) is 5.32. The van der Waals surface area contributed by atoms with Gasteiger partial charge in [-0.2, -0.15) is 0 Å². The predicted molar refractivity (Wildman–Crippen MR) is 96.8 cm³/mol. The molecule has 0 unspecified atom stereocenters. The molecule has 2 aromatic rings. The van der Waals surface area contributed by atoms with Gasteiger partial charge in [-0.25, -0.2) is 4.79 Å². The highest BCUT2D eigenvalue weighted by Crippen LogP contribution is 2.27. The first kappa shape index (κ1) is 18.9. The van der Waals surface area contributed by atoms with E-state index in [1.165, 1.54) is 31.2 Å². The van der Waals surface area contributed by atoms with Crippen LogP contribution >= 0.6 is 0 Å². The maximum Gasteiger partial charge on any atom is 0.340 e. The Morgan fingerprint density at radius 3 is 2.15 bits per heavy atom. The van der Waals surface area contributed by atoms with Crippen molar-refractivity contribution in [3.05, 3.63) is 75.8 Å². The van der Waals surface area contributed by atoms with E-state index in [2.05, 4.69) is 5.32 Å². The molecule has 0 atom stereocenters. The SMILES string of the molecule is CCOC(=O)/C(=C(\NC(C)=O)c1ccccc1)c1ccc([N+](=O)[O-])cc1. The molecule has 1 N–H and O–H groups in total. The van der Waals surface area contributed by atoms with Crippen molar-refractivity contribution in [3.8, 4) is 0 Å². The topological polar surface area (TPSA) is 98.5 Å². The van der Waals surface area contributed by atoms with E-state index in [-0.39, 0.29) is 29.5 Å². The first-order valence-electron chi connectivity index (χ1n) is 7.93. The standard InChI is InChI=1S/C19H18N2O5/c1-3-26-19(23)17(14-9-11-16(12-10-14)21(24)25)18(20-13(2)22)15-7-5-4-6-8-15/h4-12H,3H2,1-2H3,(H,20,22)/b18-17-. The molecule has 0 heterocycles. The summed E-state index contributed by atoms with van der Waals surface area (Å²) in [6.07, 6.45) is 0. The summed E-state index contributed by atoms with van der Waals surface area (Å²) in [7, 11) is 0. The molecule has 7 heteroatoms. The Kier molecular flexibility index (Phi) is 6.21. The number of hydrogen-bond donors (Lipinski definition) is 1. The van der Waals surface area contributed by atoms with E-state index in [4.69, 9.17) is 4.74 Å². The van der Waals surface area contributed by atoms with Crippen molar-refractivity contribution in [2.45, 2.75) is 13.8 Å². The molecule has 0 fully saturated rings. The molecule has 0 saturated heterocycles. The van der Waals surface area contributed by atoms with Crippen LogP contribution in [0.25, 0.3) is 11.3 Å². The molecule has 0 bridgehead atoms. The summed E-state index contributed by atoms with van der Waals surface area (Å²) in [5.74, 6) is -0.985. The number of nitro benzene ring substituents is 1. The van der Waals surface area contributed by atoms with Crippen LogP contribution < -0.4 is 5.32 Å². The number of carbonyl (C=O) groups is 2. The second kappa shape index (κ2) is 8.57. The molecule has 0 aliphatic rings. The third-order valence-corrected chi connectivity index (χ3v) is 3.46. The Morgan fingerprint density at radius 2 is 1.65 bits per heavy atom. The van der Waals surface area contributed by atoms with E-state index in [1.807, 2.05) is 6.07 Å². The lowest BCUT2D eigenvalue weighted by Crippen LogP contribution is -2.22. The molecular formula is C19H18N2O5. The largest absolute Gasteiger partial charge is 0.462 e. The van der Waals surface area contributed by atoms with Gasteiger partial charge in [-0.1, -0.05) is 30.3 Å². The lowest BCUT2D eigenvalue weighted by atomic mass is 9.99. The molecule has 1 amide bonds. The summed E-state index contributed by atoms with van der Waals surface area (Å²) in [4.78, 5) is 34.6. The maximum atomic E-state index is 12.6. The molecule has 0 radical (unpaired) electrons. The summed E-state index contributed by atoms with van der Waals surface area (Å²) in [6, 6.07) is 14.3. The highest BCUT2D eigenvalue weighted by atomic mass is 16.6. The highest BCUT2D eigenvalue weighted by molar-refractivity contribution is 6.25. The number of amides is 1. The Labute approximate surface area is 150 Å². The molecule has 7 nitrogen and oxygen atoms in total. The van der Waals surface area contributed by atoms with Gasteiger partial charge in [-0.3, -0.25) is 14.9 Å². The van der Waals surface area contributed by atoms with Gasteiger partial charge < -0.3 is 10.1 Å². The van der Waals surface area contributed by atoms with Crippen molar-refractivity contribution in [3.63, 3.8) is 0 Å². The number of ether oxygens (including phenoxy) is 1. The molecule has 26 heavy (non-hydrogen) atoms.